The number of nitrogens with zero attached hydrogens (tertiary/aromatic N) is 3. The second-order valence-electron chi connectivity index (χ2n) is 5.65. The van der Waals surface area contributed by atoms with E-state index < -0.39 is 18.4 Å². The molecule has 22 heavy (non-hydrogen) atoms. The Morgan fingerprint density at radius 1 is 1.45 bits per heavy atom. The van der Waals surface area contributed by atoms with Gasteiger partial charge in [0.05, 0.1) is 12.7 Å². The number of aromatic nitrogens is 2. The Kier molecular flexibility index (Phi) is 4.72. The van der Waals surface area contributed by atoms with Gasteiger partial charge in [0.15, 0.2) is 0 Å². The molecule has 0 unspecified atom stereocenters. The maximum absolute atomic E-state index is 12.3. The molecule has 3 atom stereocenters. The molecular formula is C14H21N3O4S. The summed E-state index contributed by atoms with van der Waals surface area (Å²) in [6.07, 6.45) is 0.0454. The molecular weight excluding hydrogens is 306 g/mol. The highest BCUT2D eigenvalue weighted by Gasteiger charge is 2.35. The van der Waals surface area contributed by atoms with Gasteiger partial charge in [0, 0.05) is 42.8 Å². The van der Waals surface area contributed by atoms with Crippen molar-refractivity contribution in [2.75, 3.05) is 36.1 Å². The Morgan fingerprint density at radius 2 is 2.18 bits per heavy atom. The van der Waals surface area contributed by atoms with Crippen LogP contribution >= 0.6 is 11.8 Å². The summed E-state index contributed by atoms with van der Waals surface area (Å²) in [6.45, 7) is 3.46. The number of aliphatic hydroxyl groups excluding tert-OH is 2. The van der Waals surface area contributed by atoms with E-state index in [0.29, 0.717) is 0 Å². The molecule has 3 heterocycles. The first-order valence-electron chi connectivity index (χ1n) is 7.47. The minimum atomic E-state index is -0.763. The van der Waals surface area contributed by atoms with E-state index in [0.717, 1.165) is 36.0 Å². The molecule has 2 aliphatic heterocycles. The summed E-state index contributed by atoms with van der Waals surface area (Å²) in [5, 5.41) is 19.0. The zero-order chi connectivity index (χ0) is 15.7. The van der Waals surface area contributed by atoms with Crippen LogP contribution in [0.5, 0.6) is 0 Å². The summed E-state index contributed by atoms with van der Waals surface area (Å²) in [5.41, 5.74) is 0.534. The van der Waals surface area contributed by atoms with Crippen molar-refractivity contribution in [3.8, 4) is 0 Å². The average molecular weight is 327 g/mol. The van der Waals surface area contributed by atoms with Crippen LogP contribution in [0.15, 0.2) is 11.0 Å². The average Bonchev–Trinajstić information content (AvgIpc) is 2.91. The first kappa shape index (κ1) is 15.8. The SMILES string of the molecule is Cc1cn([C@@H]2C[C@@H](O)[C@H](CO)O2)c(=O)nc1N1CCSCC1. The van der Waals surface area contributed by atoms with Gasteiger partial charge in [0.25, 0.3) is 0 Å². The first-order valence-corrected chi connectivity index (χ1v) is 8.62. The van der Waals surface area contributed by atoms with Gasteiger partial charge in [-0.1, -0.05) is 0 Å². The van der Waals surface area contributed by atoms with E-state index in [9.17, 15) is 9.90 Å². The third-order valence-electron chi connectivity index (χ3n) is 4.11. The van der Waals surface area contributed by atoms with Crippen LogP contribution in [0.1, 0.15) is 18.2 Å². The Balaban J connectivity index is 1.85. The molecule has 0 aliphatic carbocycles. The Morgan fingerprint density at radius 3 is 2.82 bits per heavy atom. The van der Waals surface area contributed by atoms with Crippen LogP contribution in [0.4, 0.5) is 5.82 Å². The van der Waals surface area contributed by atoms with E-state index in [2.05, 4.69) is 9.88 Å². The molecule has 1 aromatic rings. The lowest BCUT2D eigenvalue weighted by Gasteiger charge is -2.29. The van der Waals surface area contributed by atoms with E-state index in [4.69, 9.17) is 9.84 Å². The first-order chi connectivity index (χ1) is 10.6. The van der Waals surface area contributed by atoms with Gasteiger partial charge in [-0.15, -0.1) is 0 Å². The maximum Gasteiger partial charge on any atom is 0.351 e. The molecule has 3 rings (SSSR count). The monoisotopic (exact) mass is 327 g/mol. The number of rotatable bonds is 3. The van der Waals surface area contributed by atoms with Gasteiger partial charge in [-0.2, -0.15) is 16.7 Å². The molecule has 2 fully saturated rings. The molecule has 0 amide bonds. The number of ether oxygens (including phenoxy) is 1. The summed E-state index contributed by atoms with van der Waals surface area (Å²) < 4.78 is 6.95. The number of aryl methyl sites for hydroxylation is 1. The zero-order valence-corrected chi connectivity index (χ0v) is 13.3. The number of hydrogen-bond acceptors (Lipinski definition) is 7. The van der Waals surface area contributed by atoms with E-state index >= 15 is 0 Å². The normalized spacial score (nSPS) is 29.0. The van der Waals surface area contributed by atoms with E-state index in [1.807, 2.05) is 18.7 Å². The molecule has 0 spiro atoms. The van der Waals surface area contributed by atoms with Gasteiger partial charge in [0.2, 0.25) is 0 Å². The topological polar surface area (TPSA) is 87.8 Å². The third-order valence-corrected chi connectivity index (χ3v) is 5.06. The van der Waals surface area contributed by atoms with Crippen molar-refractivity contribution in [1.29, 1.82) is 0 Å². The predicted octanol–water partition coefficient (Wildman–Crippen LogP) is -0.254. The lowest BCUT2D eigenvalue weighted by molar-refractivity contribution is -0.0459. The van der Waals surface area contributed by atoms with Crippen molar-refractivity contribution < 1.29 is 14.9 Å². The quantitative estimate of drug-likeness (QED) is 0.791. The molecule has 2 saturated heterocycles. The summed E-state index contributed by atoms with van der Waals surface area (Å²) in [5.74, 6) is 2.82. The highest BCUT2D eigenvalue weighted by atomic mass is 32.2. The van der Waals surface area contributed by atoms with Gasteiger partial charge >= 0.3 is 5.69 Å². The van der Waals surface area contributed by atoms with Crippen molar-refractivity contribution in [1.82, 2.24) is 9.55 Å². The van der Waals surface area contributed by atoms with Crippen LogP contribution in [0.3, 0.4) is 0 Å². The van der Waals surface area contributed by atoms with E-state index in [1.165, 1.54) is 4.57 Å². The van der Waals surface area contributed by atoms with Crippen LogP contribution in [0.2, 0.25) is 0 Å². The van der Waals surface area contributed by atoms with Gasteiger partial charge in [-0.25, -0.2) is 4.79 Å². The lowest BCUT2D eigenvalue weighted by Crippen LogP contribution is -2.37. The fourth-order valence-electron chi connectivity index (χ4n) is 2.91. The maximum atomic E-state index is 12.3. The summed E-state index contributed by atoms with van der Waals surface area (Å²) >= 11 is 1.91. The number of anilines is 1. The van der Waals surface area contributed by atoms with E-state index in [1.54, 1.807) is 6.20 Å². The van der Waals surface area contributed by atoms with Crippen molar-refractivity contribution in [2.45, 2.75) is 31.8 Å². The fourth-order valence-corrected chi connectivity index (χ4v) is 3.81. The molecule has 2 aliphatic rings. The molecule has 8 heteroatoms. The Labute approximate surface area is 132 Å². The summed E-state index contributed by atoms with van der Waals surface area (Å²) in [7, 11) is 0. The second-order valence-corrected chi connectivity index (χ2v) is 6.88. The summed E-state index contributed by atoms with van der Waals surface area (Å²) in [4.78, 5) is 18.7. The predicted molar refractivity (Wildman–Crippen MR) is 84.4 cm³/mol. The lowest BCUT2D eigenvalue weighted by atomic mass is 10.2. The number of thioether (sulfide) groups is 1. The van der Waals surface area contributed by atoms with Gasteiger partial charge in [0.1, 0.15) is 18.1 Å². The molecule has 1 aromatic heterocycles. The summed E-state index contributed by atoms with van der Waals surface area (Å²) in [6, 6.07) is 0. The Hall–Kier alpha value is -1.09. The highest BCUT2D eigenvalue weighted by molar-refractivity contribution is 7.99. The number of aliphatic hydroxyl groups is 2. The smallest absolute Gasteiger partial charge is 0.351 e. The molecule has 2 N–H and O–H groups in total. The fraction of sp³-hybridized carbons (Fsp3) is 0.714. The van der Waals surface area contributed by atoms with Crippen molar-refractivity contribution in [3.05, 3.63) is 22.2 Å². The molecule has 0 bridgehead atoms. The molecule has 0 aromatic carbocycles. The van der Waals surface area contributed by atoms with Crippen LogP contribution in [0.25, 0.3) is 0 Å². The second kappa shape index (κ2) is 6.57. The van der Waals surface area contributed by atoms with E-state index in [-0.39, 0.29) is 18.7 Å². The Bertz CT molecular complexity index is 588. The highest BCUT2D eigenvalue weighted by Crippen LogP contribution is 2.28. The van der Waals surface area contributed by atoms with Crippen LogP contribution < -0.4 is 10.6 Å². The van der Waals surface area contributed by atoms with Crippen LogP contribution in [0, 0.1) is 6.92 Å². The molecule has 7 nitrogen and oxygen atoms in total. The number of hydrogen-bond donors (Lipinski definition) is 2. The van der Waals surface area contributed by atoms with Crippen molar-refractivity contribution >= 4 is 17.6 Å². The van der Waals surface area contributed by atoms with Crippen molar-refractivity contribution in [2.24, 2.45) is 0 Å². The minimum absolute atomic E-state index is 0.262. The zero-order valence-electron chi connectivity index (χ0n) is 12.5. The molecule has 0 radical (unpaired) electrons. The van der Waals surface area contributed by atoms with Crippen molar-refractivity contribution in [3.63, 3.8) is 0 Å². The third kappa shape index (κ3) is 3.01. The van der Waals surface area contributed by atoms with Crippen LogP contribution in [-0.2, 0) is 4.74 Å². The molecule has 0 saturated carbocycles. The van der Waals surface area contributed by atoms with Gasteiger partial charge in [-0.05, 0) is 6.92 Å². The largest absolute Gasteiger partial charge is 0.394 e. The van der Waals surface area contributed by atoms with Gasteiger partial charge in [-0.3, -0.25) is 4.57 Å². The minimum Gasteiger partial charge on any atom is -0.394 e. The molecule has 122 valence electrons. The van der Waals surface area contributed by atoms with Gasteiger partial charge < -0.3 is 19.8 Å². The standard InChI is InChI=1S/C14H21N3O4S/c1-9-7-17(12-6-10(19)11(8-18)21-12)14(20)15-13(9)16-2-4-22-5-3-16/h7,10-12,18-19H,2-6,8H2,1H3/t10-,11+,12+/m1/s1. The van der Waals surface area contributed by atoms with Crippen LogP contribution in [-0.4, -0.2) is 63.2 Å².